The highest BCUT2D eigenvalue weighted by Gasteiger charge is 2.36. The summed E-state index contributed by atoms with van der Waals surface area (Å²) in [5.74, 6) is -3.98. The standard InChI is InChI=1S/C36H47F2N3O6S/c1-4-9-31(10-5-2)48(46,47)23-33(40-35(44)27-13-8-14-30(42)19-27)36(45)41(21-25-12-7-11-24(6-3)15-25)22-34(43)32(39)18-26-16-28(37)20-29(38)17-26/h7-8,11-17,19-20,31-34,42-43H,4-6,9-10,18,21-23,39H2,1-3H3,(H,40,44)/t32-,33?,34+/m0/s1. The predicted octanol–water partition coefficient (Wildman–Crippen LogP) is 4.67. The number of nitrogens with zero attached hydrogens (tertiary/aromatic N) is 1. The van der Waals surface area contributed by atoms with Gasteiger partial charge in [0.25, 0.3) is 5.91 Å². The van der Waals surface area contributed by atoms with Gasteiger partial charge in [0, 0.05) is 30.8 Å². The number of aryl methyl sites for hydroxylation is 1. The molecule has 0 aromatic heterocycles. The number of benzene rings is 3. The molecule has 0 aliphatic rings. The fourth-order valence-electron chi connectivity index (χ4n) is 5.70. The SMILES string of the molecule is CCCC(CCC)S(=O)(=O)CC(NC(=O)c1cccc(O)c1)C(=O)N(Cc1cccc(CC)c1)C[C@@H](O)[C@@H](N)Cc1cc(F)cc(F)c1. The lowest BCUT2D eigenvalue weighted by Crippen LogP contribution is -2.55. The number of carbonyl (C=O) groups excluding carboxylic acids is 2. The first-order valence-electron chi connectivity index (χ1n) is 16.3. The van der Waals surface area contributed by atoms with Crippen LogP contribution in [-0.2, 0) is 34.0 Å². The van der Waals surface area contributed by atoms with Gasteiger partial charge in [-0.3, -0.25) is 9.59 Å². The monoisotopic (exact) mass is 687 g/mol. The maximum Gasteiger partial charge on any atom is 0.252 e. The normalized spacial score (nSPS) is 13.6. The summed E-state index contributed by atoms with van der Waals surface area (Å²) in [6.07, 6.45) is 1.22. The van der Waals surface area contributed by atoms with Crippen molar-refractivity contribution in [2.45, 2.75) is 89.3 Å². The van der Waals surface area contributed by atoms with Crippen LogP contribution in [0, 0.1) is 11.6 Å². The molecule has 0 saturated heterocycles. The highest BCUT2D eigenvalue weighted by Crippen LogP contribution is 2.20. The third-order valence-corrected chi connectivity index (χ3v) is 10.5. The summed E-state index contributed by atoms with van der Waals surface area (Å²) in [5.41, 5.74) is 8.20. The Hall–Kier alpha value is -3.87. The minimum Gasteiger partial charge on any atom is -0.508 e. The fraction of sp³-hybridized carbons (Fsp3) is 0.444. The second-order valence-electron chi connectivity index (χ2n) is 12.2. The van der Waals surface area contributed by atoms with Crippen molar-refractivity contribution in [3.05, 3.63) is 101 Å². The van der Waals surface area contributed by atoms with Crippen LogP contribution in [0.4, 0.5) is 8.78 Å². The van der Waals surface area contributed by atoms with Gasteiger partial charge in [0.05, 0.1) is 17.1 Å². The summed E-state index contributed by atoms with van der Waals surface area (Å²) in [6, 6.07) is 13.2. The molecular formula is C36H47F2N3O6S. The minimum atomic E-state index is -3.91. The Morgan fingerprint density at radius 2 is 1.52 bits per heavy atom. The molecule has 0 aliphatic carbocycles. The van der Waals surface area contributed by atoms with Crippen molar-refractivity contribution >= 4 is 21.7 Å². The average Bonchev–Trinajstić information content (AvgIpc) is 3.03. The summed E-state index contributed by atoms with van der Waals surface area (Å²) in [4.78, 5) is 29.0. The van der Waals surface area contributed by atoms with Crippen LogP contribution in [0.3, 0.4) is 0 Å². The van der Waals surface area contributed by atoms with Gasteiger partial charge in [-0.05, 0) is 72.7 Å². The molecule has 48 heavy (non-hydrogen) atoms. The van der Waals surface area contributed by atoms with Gasteiger partial charge in [-0.25, -0.2) is 17.2 Å². The lowest BCUT2D eigenvalue weighted by Gasteiger charge is -2.32. The number of halogens is 2. The summed E-state index contributed by atoms with van der Waals surface area (Å²) >= 11 is 0. The predicted molar refractivity (Wildman–Crippen MR) is 182 cm³/mol. The summed E-state index contributed by atoms with van der Waals surface area (Å²) in [5, 5.41) is 23.0. The van der Waals surface area contributed by atoms with E-state index in [0.29, 0.717) is 31.2 Å². The van der Waals surface area contributed by atoms with Gasteiger partial charge in [-0.1, -0.05) is 63.9 Å². The number of rotatable bonds is 18. The molecule has 5 N–H and O–H groups in total. The van der Waals surface area contributed by atoms with E-state index in [-0.39, 0.29) is 36.4 Å². The van der Waals surface area contributed by atoms with Gasteiger partial charge in [0.1, 0.15) is 23.4 Å². The number of sulfone groups is 1. The maximum atomic E-state index is 14.4. The molecular weight excluding hydrogens is 640 g/mol. The first-order valence-corrected chi connectivity index (χ1v) is 18.0. The quantitative estimate of drug-likeness (QED) is 0.152. The zero-order valence-electron chi connectivity index (χ0n) is 27.7. The van der Waals surface area contributed by atoms with Crippen LogP contribution in [0.1, 0.15) is 73.5 Å². The molecule has 12 heteroatoms. The minimum absolute atomic E-state index is 0.0236. The zero-order chi connectivity index (χ0) is 35.4. The highest BCUT2D eigenvalue weighted by atomic mass is 32.2. The first kappa shape index (κ1) is 38.6. The van der Waals surface area contributed by atoms with Crippen molar-refractivity contribution in [3.8, 4) is 5.75 Å². The molecule has 1 unspecified atom stereocenters. The van der Waals surface area contributed by atoms with Crippen LogP contribution in [0.2, 0.25) is 0 Å². The van der Waals surface area contributed by atoms with Crippen molar-refractivity contribution < 1.29 is 37.0 Å². The third-order valence-electron chi connectivity index (χ3n) is 8.22. The number of amides is 2. The molecule has 3 atom stereocenters. The van der Waals surface area contributed by atoms with Crippen LogP contribution in [0.15, 0.2) is 66.7 Å². The van der Waals surface area contributed by atoms with E-state index in [1.807, 2.05) is 39.0 Å². The number of aliphatic hydroxyl groups is 1. The first-order chi connectivity index (χ1) is 22.8. The number of phenolic OH excluding ortho intramolecular Hbond substituents is 1. The van der Waals surface area contributed by atoms with Crippen LogP contribution >= 0.6 is 0 Å². The van der Waals surface area contributed by atoms with E-state index in [4.69, 9.17) is 5.73 Å². The lowest BCUT2D eigenvalue weighted by atomic mass is 10.0. The molecule has 0 saturated carbocycles. The molecule has 3 aromatic carbocycles. The number of hydrogen-bond acceptors (Lipinski definition) is 7. The molecule has 262 valence electrons. The second kappa shape index (κ2) is 18.0. The number of hydrogen-bond donors (Lipinski definition) is 4. The van der Waals surface area contributed by atoms with Crippen LogP contribution in [-0.4, -0.2) is 71.1 Å². The molecule has 9 nitrogen and oxygen atoms in total. The largest absolute Gasteiger partial charge is 0.508 e. The number of aliphatic hydroxyl groups excluding tert-OH is 1. The van der Waals surface area contributed by atoms with Crippen molar-refractivity contribution in [2.24, 2.45) is 5.73 Å². The van der Waals surface area contributed by atoms with Crippen molar-refractivity contribution in [1.29, 1.82) is 0 Å². The Morgan fingerprint density at radius 3 is 2.12 bits per heavy atom. The Kier molecular flexibility index (Phi) is 14.5. The van der Waals surface area contributed by atoms with Crippen LogP contribution in [0.5, 0.6) is 5.75 Å². The highest BCUT2D eigenvalue weighted by molar-refractivity contribution is 7.92. The number of phenols is 1. The van der Waals surface area contributed by atoms with Gasteiger partial charge in [0.2, 0.25) is 5.91 Å². The molecule has 0 spiro atoms. The molecule has 0 bridgehead atoms. The summed E-state index contributed by atoms with van der Waals surface area (Å²) in [7, 11) is -3.91. The van der Waals surface area contributed by atoms with E-state index >= 15 is 0 Å². The van der Waals surface area contributed by atoms with Gasteiger partial charge >= 0.3 is 0 Å². The molecule has 0 radical (unpaired) electrons. The lowest BCUT2D eigenvalue weighted by molar-refractivity contribution is -0.135. The third kappa shape index (κ3) is 11.4. The topological polar surface area (TPSA) is 150 Å². The second-order valence-corrected chi connectivity index (χ2v) is 14.5. The Bertz CT molecular complexity index is 1610. The molecule has 3 aromatic rings. The smallest absolute Gasteiger partial charge is 0.252 e. The molecule has 3 rings (SSSR count). The fourth-order valence-corrected chi connectivity index (χ4v) is 7.85. The number of carbonyl (C=O) groups is 2. The number of nitrogens with two attached hydrogens (primary N) is 1. The number of nitrogens with one attached hydrogen (secondary N) is 1. The summed E-state index contributed by atoms with van der Waals surface area (Å²) < 4.78 is 55.2. The van der Waals surface area contributed by atoms with E-state index in [1.54, 1.807) is 6.07 Å². The van der Waals surface area contributed by atoms with Crippen LogP contribution < -0.4 is 11.1 Å². The molecule has 2 amide bonds. The van der Waals surface area contributed by atoms with Gasteiger partial charge in [0.15, 0.2) is 9.84 Å². The molecule has 0 aliphatic heterocycles. The molecule has 0 heterocycles. The van der Waals surface area contributed by atoms with E-state index < -0.39 is 62.5 Å². The van der Waals surface area contributed by atoms with Crippen molar-refractivity contribution in [3.63, 3.8) is 0 Å². The van der Waals surface area contributed by atoms with Gasteiger partial charge in [-0.15, -0.1) is 0 Å². The van der Waals surface area contributed by atoms with E-state index in [9.17, 15) is 37.0 Å². The van der Waals surface area contributed by atoms with Gasteiger partial charge in [-0.2, -0.15) is 0 Å². The average molecular weight is 688 g/mol. The van der Waals surface area contributed by atoms with E-state index in [1.165, 1.54) is 29.2 Å². The van der Waals surface area contributed by atoms with Crippen molar-refractivity contribution in [1.82, 2.24) is 10.2 Å². The molecule has 0 fully saturated rings. The van der Waals surface area contributed by atoms with Crippen molar-refractivity contribution in [2.75, 3.05) is 12.3 Å². The summed E-state index contributed by atoms with van der Waals surface area (Å²) in [6.45, 7) is 5.32. The van der Waals surface area contributed by atoms with Crippen LogP contribution in [0.25, 0.3) is 0 Å². The Balaban J connectivity index is 2.00. The Morgan fingerprint density at radius 1 is 0.896 bits per heavy atom. The maximum absolute atomic E-state index is 14.4. The van der Waals surface area contributed by atoms with E-state index in [2.05, 4.69) is 5.32 Å². The number of aromatic hydroxyl groups is 1. The zero-order valence-corrected chi connectivity index (χ0v) is 28.6. The Labute approximate surface area is 282 Å². The van der Waals surface area contributed by atoms with Gasteiger partial charge < -0.3 is 26.2 Å². The van der Waals surface area contributed by atoms with E-state index in [0.717, 1.165) is 30.2 Å².